The molecule has 0 fully saturated rings. The number of hydrogen-bond acceptors (Lipinski definition) is 5. The number of hydrogen-bond donors (Lipinski definition) is 1. The molecule has 31 heavy (non-hydrogen) atoms. The van der Waals surface area contributed by atoms with Gasteiger partial charge in [0.1, 0.15) is 0 Å². The fourth-order valence-corrected chi connectivity index (χ4v) is 4.35. The SMILES string of the molecule is Br.O=C1c2ccccc2C(=O)N1c1cccc(-c2csc(Nc3ccc(Br)cc3)n2)c1. The lowest BCUT2D eigenvalue weighted by molar-refractivity contribution is 0.0926. The van der Waals surface area contributed by atoms with Gasteiger partial charge in [-0.15, -0.1) is 28.3 Å². The molecule has 0 spiro atoms. The van der Waals surface area contributed by atoms with E-state index in [1.807, 2.05) is 47.8 Å². The Hall–Kier alpha value is -2.81. The van der Waals surface area contributed by atoms with E-state index < -0.39 is 0 Å². The molecular weight excluding hydrogens is 542 g/mol. The molecule has 154 valence electrons. The van der Waals surface area contributed by atoms with Gasteiger partial charge in [0.2, 0.25) is 0 Å². The first-order valence-corrected chi connectivity index (χ1v) is 10.8. The molecule has 2 amide bonds. The highest BCUT2D eigenvalue weighted by molar-refractivity contribution is 9.10. The van der Waals surface area contributed by atoms with E-state index in [2.05, 4.69) is 26.2 Å². The second-order valence-electron chi connectivity index (χ2n) is 6.71. The summed E-state index contributed by atoms with van der Waals surface area (Å²) in [6.45, 7) is 0. The fourth-order valence-electron chi connectivity index (χ4n) is 3.35. The van der Waals surface area contributed by atoms with Crippen LogP contribution in [0, 0.1) is 0 Å². The van der Waals surface area contributed by atoms with Gasteiger partial charge >= 0.3 is 0 Å². The predicted molar refractivity (Wildman–Crippen MR) is 133 cm³/mol. The third-order valence-electron chi connectivity index (χ3n) is 4.79. The number of carbonyl (C=O) groups excluding carboxylic acids is 2. The normalized spacial score (nSPS) is 12.5. The number of anilines is 3. The van der Waals surface area contributed by atoms with Crippen molar-refractivity contribution in [3.63, 3.8) is 0 Å². The maximum atomic E-state index is 12.8. The maximum absolute atomic E-state index is 12.8. The van der Waals surface area contributed by atoms with Crippen LogP contribution in [0.25, 0.3) is 11.3 Å². The molecule has 8 heteroatoms. The quantitative estimate of drug-likeness (QED) is 0.284. The van der Waals surface area contributed by atoms with Crippen LogP contribution in [0.4, 0.5) is 16.5 Å². The summed E-state index contributed by atoms with van der Waals surface area (Å²) < 4.78 is 1.01. The van der Waals surface area contributed by atoms with E-state index in [-0.39, 0.29) is 28.8 Å². The Kier molecular flexibility index (Phi) is 6.04. The summed E-state index contributed by atoms with van der Waals surface area (Å²) >= 11 is 4.92. The lowest BCUT2D eigenvalue weighted by atomic mass is 10.1. The zero-order valence-electron chi connectivity index (χ0n) is 15.9. The monoisotopic (exact) mass is 555 g/mol. The fraction of sp³-hybridized carbons (Fsp3) is 0. The van der Waals surface area contributed by atoms with Crippen molar-refractivity contribution in [2.24, 2.45) is 0 Å². The summed E-state index contributed by atoms with van der Waals surface area (Å²) in [4.78, 5) is 31.4. The van der Waals surface area contributed by atoms with Crippen LogP contribution in [0.2, 0.25) is 0 Å². The van der Waals surface area contributed by atoms with Crippen LogP contribution in [-0.4, -0.2) is 16.8 Å². The second kappa shape index (κ2) is 8.74. The molecule has 3 aromatic carbocycles. The van der Waals surface area contributed by atoms with Gasteiger partial charge in [0.15, 0.2) is 5.13 Å². The van der Waals surface area contributed by atoms with Crippen molar-refractivity contribution in [1.29, 1.82) is 0 Å². The van der Waals surface area contributed by atoms with E-state index in [4.69, 9.17) is 0 Å². The third kappa shape index (κ3) is 4.06. The molecule has 0 atom stereocenters. The molecule has 2 heterocycles. The van der Waals surface area contributed by atoms with Crippen molar-refractivity contribution < 1.29 is 9.59 Å². The first-order valence-electron chi connectivity index (χ1n) is 9.16. The zero-order valence-corrected chi connectivity index (χ0v) is 20.0. The Labute approximate surface area is 201 Å². The topological polar surface area (TPSA) is 62.3 Å². The standard InChI is InChI=1S/C23H14BrN3O2S.BrH/c24-15-8-10-16(11-9-15)25-23-26-20(13-30-23)14-4-3-5-17(12-14)27-21(28)18-6-1-2-7-19(18)22(27)29;/h1-13H,(H,25,26);1H. The van der Waals surface area contributed by atoms with Crippen LogP contribution in [0.15, 0.2) is 82.6 Å². The molecule has 4 aromatic rings. The highest BCUT2D eigenvalue weighted by Gasteiger charge is 2.36. The summed E-state index contributed by atoms with van der Waals surface area (Å²) in [6.07, 6.45) is 0. The van der Waals surface area contributed by atoms with E-state index in [1.165, 1.54) is 16.2 Å². The molecular formula is C23H15Br2N3O2S. The van der Waals surface area contributed by atoms with Gasteiger partial charge < -0.3 is 5.32 Å². The smallest absolute Gasteiger partial charge is 0.266 e. The average Bonchev–Trinajstić information content (AvgIpc) is 3.33. The van der Waals surface area contributed by atoms with Gasteiger partial charge in [-0.25, -0.2) is 9.88 Å². The van der Waals surface area contributed by atoms with Crippen LogP contribution in [0.5, 0.6) is 0 Å². The Balaban J connectivity index is 0.00000231. The molecule has 1 aliphatic rings. The van der Waals surface area contributed by atoms with E-state index in [1.54, 1.807) is 30.3 Å². The molecule has 0 bridgehead atoms. The van der Waals surface area contributed by atoms with Gasteiger partial charge in [-0.1, -0.05) is 40.2 Å². The Bertz CT molecular complexity index is 1250. The van der Waals surface area contributed by atoms with Gasteiger partial charge in [-0.3, -0.25) is 9.59 Å². The van der Waals surface area contributed by atoms with Crippen LogP contribution in [-0.2, 0) is 0 Å². The van der Waals surface area contributed by atoms with Crippen molar-refractivity contribution >= 4 is 72.6 Å². The Morgan fingerprint density at radius 2 is 1.55 bits per heavy atom. The third-order valence-corrected chi connectivity index (χ3v) is 6.08. The first-order chi connectivity index (χ1) is 14.6. The number of halogens is 2. The van der Waals surface area contributed by atoms with Crippen LogP contribution in [0.3, 0.4) is 0 Å². The lowest BCUT2D eigenvalue weighted by Gasteiger charge is -2.14. The predicted octanol–water partition coefficient (Wildman–Crippen LogP) is 6.69. The van der Waals surface area contributed by atoms with Crippen LogP contribution in [0.1, 0.15) is 20.7 Å². The van der Waals surface area contributed by atoms with Crippen LogP contribution < -0.4 is 10.2 Å². The first kappa shape index (κ1) is 21.4. The number of nitrogens with zero attached hydrogens (tertiary/aromatic N) is 2. The van der Waals surface area contributed by atoms with Crippen molar-refractivity contribution in [1.82, 2.24) is 4.98 Å². The number of nitrogens with one attached hydrogen (secondary N) is 1. The zero-order chi connectivity index (χ0) is 20.7. The number of benzene rings is 3. The minimum absolute atomic E-state index is 0. The molecule has 5 nitrogen and oxygen atoms in total. The maximum Gasteiger partial charge on any atom is 0.266 e. The molecule has 1 N–H and O–H groups in total. The van der Waals surface area contributed by atoms with Gasteiger partial charge in [0.25, 0.3) is 11.8 Å². The molecule has 0 saturated heterocycles. The minimum atomic E-state index is -0.302. The largest absolute Gasteiger partial charge is 0.332 e. The van der Waals surface area contributed by atoms with E-state index >= 15 is 0 Å². The van der Waals surface area contributed by atoms with Crippen molar-refractivity contribution in [2.45, 2.75) is 0 Å². The summed E-state index contributed by atoms with van der Waals surface area (Å²) in [5.41, 5.74) is 3.96. The number of carbonyl (C=O) groups is 2. The number of rotatable bonds is 4. The van der Waals surface area contributed by atoms with Gasteiger partial charge in [-0.05, 0) is 48.5 Å². The number of amides is 2. The van der Waals surface area contributed by atoms with E-state index in [9.17, 15) is 9.59 Å². The van der Waals surface area contributed by atoms with Gasteiger partial charge in [0.05, 0.1) is 22.5 Å². The minimum Gasteiger partial charge on any atom is -0.332 e. The summed E-state index contributed by atoms with van der Waals surface area (Å²) in [7, 11) is 0. The summed E-state index contributed by atoms with van der Waals surface area (Å²) in [5.74, 6) is -0.604. The molecule has 0 unspecified atom stereocenters. The van der Waals surface area contributed by atoms with E-state index in [0.717, 1.165) is 26.5 Å². The van der Waals surface area contributed by atoms with Crippen molar-refractivity contribution in [2.75, 3.05) is 10.2 Å². The number of aromatic nitrogens is 1. The van der Waals surface area contributed by atoms with E-state index in [0.29, 0.717) is 16.8 Å². The molecule has 1 aliphatic heterocycles. The summed E-state index contributed by atoms with van der Waals surface area (Å²) in [6, 6.07) is 22.1. The number of imide groups is 1. The summed E-state index contributed by atoms with van der Waals surface area (Å²) in [5, 5.41) is 5.99. The van der Waals surface area contributed by atoms with Crippen molar-refractivity contribution in [3.05, 3.63) is 93.8 Å². The highest BCUT2D eigenvalue weighted by atomic mass is 79.9. The molecule has 5 rings (SSSR count). The molecule has 0 aliphatic carbocycles. The second-order valence-corrected chi connectivity index (χ2v) is 8.49. The molecule has 0 radical (unpaired) electrons. The molecule has 0 saturated carbocycles. The molecule has 1 aromatic heterocycles. The van der Waals surface area contributed by atoms with Gasteiger partial charge in [-0.2, -0.15) is 0 Å². The Morgan fingerprint density at radius 3 is 2.23 bits per heavy atom. The average molecular weight is 557 g/mol. The number of thiazole rings is 1. The highest BCUT2D eigenvalue weighted by Crippen LogP contribution is 2.33. The van der Waals surface area contributed by atoms with Crippen LogP contribution >= 0.6 is 44.2 Å². The van der Waals surface area contributed by atoms with Gasteiger partial charge in [0, 0.05) is 21.1 Å². The van der Waals surface area contributed by atoms with Crippen molar-refractivity contribution in [3.8, 4) is 11.3 Å². The lowest BCUT2D eigenvalue weighted by Crippen LogP contribution is -2.29. The Morgan fingerprint density at radius 1 is 0.871 bits per heavy atom. The number of fused-ring (bicyclic) bond motifs is 1.